The summed E-state index contributed by atoms with van der Waals surface area (Å²) in [5.41, 5.74) is 11.8. The molecule has 6 heteroatoms. The predicted octanol–water partition coefficient (Wildman–Crippen LogP) is 0.616. The molecule has 1 saturated carbocycles. The number of hydrogen-bond acceptors (Lipinski definition) is 4. The molecule has 3 atom stereocenters. The van der Waals surface area contributed by atoms with Gasteiger partial charge in [-0.25, -0.2) is 8.42 Å². The van der Waals surface area contributed by atoms with Crippen LogP contribution in [0, 0.1) is 0 Å². The minimum atomic E-state index is -3.17. The number of halogens is 1. The summed E-state index contributed by atoms with van der Waals surface area (Å²) < 4.78 is 24.3. The van der Waals surface area contributed by atoms with Gasteiger partial charge in [0.15, 0.2) is 9.84 Å². The van der Waals surface area contributed by atoms with E-state index in [1.807, 2.05) is 24.3 Å². The van der Waals surface area contributed by atoms with E-state index < -0.39 is 20.6 Å². The maximum atomic E-state index is 11.7. The summed E-state index contributed by atoms with van der Waals surface area (Å²) in [6, 6.07) is 7.53. The number of nitrogens with two attached hydrogens (primary N) is 2. The van der Waals surface area contributed by atoms with Crippen molar-refractivity contribution in [3.05, 3.63) is 34.3 Å². The lowest BCUT2D eigenvalue weighted by atomic mass is 10.1. The van der Waals surface area contributed by atoms with Crippen LogP contribution in [0.5, 0.6) is 0 Å². The molecular weight excluding hydrogens is 304 g/mol. The zero-order valence-electron chi connectivity index (χ0n) is 9.43. The van der Waals surface area contributed by atoms with E-state index in [0.29, 0.717) is 0 Å². The maximum absolute atomic E-state index is 11.7. The van der Waals surface area contributed by atoms with E-state index >= 15 is 0 Å². The van der Waals surface area contributed by atoms with Gasteiger partial charge in [0.05, 0.1) is 10.8 Å². The fraction of sp³-hybridized carbons (Fsp3) is 0.455. The lowest BCUT2D eigenvalue weighted by Crippen LogP contribution is -2.38. The summed E-state index contributed by atoms with van der Waals surface area (Å²) in [6.45, 7) is 0.172. The first kappa shape index (κ1) is 13.0. The summed E-state index contributed by atoms with van der Waals surface area (Å²) in [5.74, 6) is -0.199. The molecule has 0 spiro atoms. The minimum Gasteiger partial charge on any atom is -0.329 e. The molecule has 1 fully saturated rings. The van der Waals surface area contributed by atoms with E-state index in [-0.39, 0.29) is 12.5 Å². The van der Waals surface area contributed by atoms with Gasteiger partial charge in [-0.2, -0.15) is 0 Å². The zero-order valence-corrected chi connectivity index (χ0v) is 11.8. The zero-order chi connectivity index (χ0) is 12.8. The van der Waals surface area contributed by atoms with Crippen molar-refractivity contribution in [3.63, 3.8) is 0 Å². The van der Waals surface area contributed by atoms with E-state index in [0.717, 1.165) is 10.0 Å². The van der Waals surface area contributed by atoms with Gasteiger partial charge in [-0.1, -0.05) is 28.1 Å². The lowest BCUT2D eigenvalue weighted by Gasteiger charge is -2.07. The van der Waals surface area contributed by atoms with Gasteiger partial charge >= 0.3 is 0 Å². The van der Waals surface area contributed by atoms with Crippen molar-refractivity contribution in [1.82, 2.24) is 0 Å². The molecular formula is C11H15BrN2O2S. The quantitative estimate of drug-likeness (QED) is 0.855. The van der Waals surface area contributed by atoms with Crippen LogP contribution in [-0.2, 0) is 9.84 Å². The normalized spacial score (nSPS) is 32.5. The molecule has 4 nitrogen and oxygen atoms in total. The lowest BCUT2D eigenvalue weighted by molar-refractivity contribution is 0.591. The topological polar surface area (TPSA) is 86.2 Å². The molecule has 1 aromatic rings. The molecule has 2 rings (SSSR count). The van der Waals surface area contributed by atoms with E-state index in [2.05, 4.69) is 15.9 Å². The summed E-state index contributed by atoms with van der Waals surface area (Å²) in [6.07, 6.45) is 1.22. The molecule has 1 aliphatic rings. The van der Waals surface area contributed by atoms with Gasteiger partial charge in [0.1, 0.15) is 0 Å². The maximum Gasteiger partial charge on any atom is 0.152 e. The Balaban J connectivity index is 2.37. The van der Waals surface area contributed by atoms with Gasteiger partial charge in [-0.15, -0.1) is 0 Å². The molecule has 0 bridgehead atoms. The van der Waals surface area contributed by atoms with Crippen LogP contribution < -0.4 is 11.5 Å². The van der Waals surface area contributed by atoms with E-state index in [4.69, 9.17) is 11.5 Å². The van der Waals surface area contributed by atoms with Crippen molar-refractivity contribution in [2.45, 2.75) is 16.7 Å². The highest BCUT2D eigenvalue weighted by atomic mass is 79.9. The Morgan fingerprint density at radius 1 is 1.35 bits per heavy atom. The molecule has 0 amide bonds. The van der Waals surface area contributed by atoms with Gasteiger partial charge in [0, 0.05) is 23.2 Å². The van der Waals surface area contributed by atoms with Crippen molar-refractivity contribution in [3.8, 4) is 0 Å². The van der Waals surface area contributed by atoms with Gasteiger partial charge in [-0.3, -0.25) is 0 Å². The third-order valence-corrected chi connectivity index (χ3v) is 5.51. The Bertz CT molecular complexity index is 529. The second kappa shape index (κ2) is 4.05. The number of sulfone groups is 1. The van der Waals surface area contributed by atoms with Gasteiger partial charge in [-0.05, 0) is 17.7 Å². The summed E-state index contributed by atoms with van der Waals surface area (Å²) >= 11 is 3.34. The van der Waals surface area contributed by atoms with Crippen LogP contribution in [0.4, 0.5) is 0 Å². The first-order chi connectivity index (χ1) is 7.80. The number of benzene rings is 1. The van der Waals surface area contributed by atoms with Crippen LogP contribution in [0.25, 0.3) is 0 Å². The van der Waals surface area contributed by atoms with Crippen LogP contribution in [0.2, 0.25) is 0 Å². The molecule has 17 heavy (non-hydrogen) atoms. The second-order valence-electron chi connectivity index (χ2n) is 4.60. The van der Waals surface area contributed by atoms with Crippen LogP contribution >= 0.6 is 15.9 Å². The SMILES string of the molecule is CS(=O)(=O)[C@@H]1[C@H](c2ccc(Br)cc2)[C@]1(N)CN. The largest absolute Gasteiger partial charge is 0.329 e. The molecule has 1 aromatic carbocycles. The minimum absolute atomic E-state index is 0.172. The highest BCUT2D eigenvalue weighted by Gasteiger charge is 2.67. The first-order valence-corrected chi connectivity index (χ1v) is 7.99. The third-order valence-electron chi connectivity index (χ3n) is 3.35. The van der Waals surface area contributed by atoms with Gasteiger partial charge < -0.3 is 11.5 Å². The number of rotatable bonds is 3. The fourth-order valence-corrected chi connectivity index (χ4v) is 4.60. The summed E-state index contributed by atoms with van der Waals surface area (Å²) in [5, 5.41) is -0.568. The molecule has 0 saturated heterocycles. The van der Waals surface area contributed by atoms with Crippen molar-refractivity contribution in [2.24, 2.45) is 11.5 Å². The fourth-order valence-electron chi connectivity index (χ4n) is 2.47. The Hall–Kier alpha value is -0.430. The first-order valence-electron chi connectivity index (χ1n) is 5.24. The monoisotopic (exact) mass is 318 g/mol. The van der Waals surface area contributed by atoms with Crippen LogP contribution in [0.15, 0.2) is 28.7 Å². The standard InChI is InChI=1S/C11H15BrN2O2S/c1-17(15,16)10-9(11(10,14)6-13)7-2-4-8(12)5-3-7/h2-5,9-10H,6,13-14H2,1H3/t9-,10+,11+/m0/s1. The Morgan fingerprint density at radius 3 is 2.24 bits per heavy atom. The highest BCUT2D eigenvalue weighted by Crippen LogP contribution is 2.53. The molecule has 4 N–H and O–H groups in total. The van der Waals surface area contributed by atoms with E-state index in [1.165, 1.54) is 6.26 Å². The van der Waals surface area contributed by atoms with Crippen LogP contribution in [0.1, 0.15) is 11.5 Å². The molecule has 0 aliphatic heterocycles. The van der Waals surface area contributed by atoms with Gasteiger partial charge in [0.2, 0.25) is 0 Å². The van der Waals surface area contributed by atoms with E-state index in [9.17, 15) is 8.42 Å². The third kappa shape index (κ3) is 2.14. The molecule has 1 aliphatic carbocycles. The predicted molar refractivity (Wildman–Crippen MR) is 71.5 cm³/mol. The average Bonchev–Trinajstić information content (AvgIpc) is 2.87. The molecule has 0 aromatic heterocycles. The van der Waals surface area contributed by atoms with Gasteiger partial charge in [0.25, 0.3) is 0 Å². The van der Waals surface area contributed by atoms with Crippen LogP contribution in [0.3, 0.4) is 0 Å². The Kier molecular flexibility index (Phi) is 3.10. The van der Waals surface area contributed by atoms with E-state index in [1.54, 1.807) is 0 Å². The van der Waals surface area contributed by atoms with Crippen molar-refractivity contribution < 1.29 is 8.42 Å². The summed E-state index contributed by atoms with van der Waals surface area (Å²) in [7, 11) is -3.17. The average molecular weight is 319 g/mol. The number of hydrogen-bond donors (Lipinski definition) is 2. The molecule has 0 unspecified atom stereocenters. The van der Waals surface area contributed by atoms with Crippen LogP contribution in [-0.4, -0.2) is 32.0 Å². The molecule has 0 radical (unpaired) electrons. The molecule has 0 heterocycles. The smallest absolute Gasteiger partial charge is 0.152 e. The van der Waals surface area contributed by atoms with Crippen molar-refractivity contribution in [2.75, 3.05) is 12.8 Å². The Morgan fingerprint density at radius 2 is 1.88 bits per heavy atom. The highest BCUT2D eigenvalue weighted by molar-refractivity contribution is 9.10. The second-order valence-corrected chi connectivity index (χ2v) is 7.68. The van der Waals surface area contributed by atoms with Crippen molar-refractivity contribution in [1.29, 1.82) is 0 Å². The van der Waals surface area contributed by atoms with Crippen molar-refractivity contribution >= 4 is 25.8 Å². The Labute approximate surface area is 109 Å². The molecule has 94 valence electrons. The summed E-state index contributed by atoms with van der Waals surface area (Å²) in [4.78, 5) is 0.